The normalized spacial score (nSPS) is 10.4. The Morgan fingerprint density at radius 3 is 2.82 bits per heavy atom. The van der Waals surface area contributed by atoms with E-state index in [9.17, 15) is 4.79 Å². The molecule has 0 aromatic carbocycles. The number of amides is 1. The van der Waals surface area contributed by atoms with Crippen LogP contribution in [0.2, 0.25) is 0 Å². The van der Waals surface area contributed by atoms with Gasteiger partial charge in [-0.25, -0.2) is 4.98 Å². The van der Waals surface area contributed by atoms with E-state index in [4.69, 9.17) is 5.73 Å². The second-order valence-electron chi connectivity index (χ2n) is 4.29. The van der Waals surface area contributed by atoms with Gasteiger partial charge in [0.05, 0.1) is 5.69 Å². The number of rotatable bonds is 5. The largest absolute Gasteiger partial charge is 0.396 e. The minimum Gasteiger partial charge on any atom is -0.396 e. The van der Waals surface area contributed by atoms with Crippen molar-refractivity contribution in [2.24, 2.45) is 0 Å². The molecule has 0 radical (unpaired) electrons. The third-order valence-electron chi connectivity index (χ3n) is 2.16. The van der Waals surface area contributed by atoms with E-state index in [1.807, 2.05) is 26.8 Å². The first kappa shape index (κ1) is 13.3. The van der Waals surface area contributed by atoms with Crippen LogP contribution in [0.4, 0.5) is 11.5 Å². The van der Waals surface area contributed by atoms with Gasteiger partial charge in [-0.3, -0.25) is 4.79 Å². The molecule has 1 amide bonds. The van der Waals surface area contributed by atoms with E-state index in [-0.39, 0.29) is 11.9 Å². The van der Waals surface area contributed by atoms with Crippen LogP contribution in [0.3, 0.4) is 0 Å². The van der Waals surface area contributed by atoms with Crippen LogP contribution >= 0.6 is 0 Å². The molecule has 0 aliphatic heterocycles. The summed E-state index contributed by atoms with van der Waals surface area (Å²) in [7, 11) is 0. The number of pyridine rings is 1. The Labute approximate surface area is 102 Å². The summed E-state index contributed by atoms with van der Waals surface area (Å²) < 4.78 is 0. The van der Waals surface area contributed by atoms with Crippen LogP contribution in [0.5, 0.6) is 0 Å². The van der Waals surface area contributed by atoms with Gasteiger partial charge in [-0.1, -0.05) is 0 Å². The quantitative estimate of drug-likeness (QED) is 0.720. The zero-order valence-electron chi connectivity index (χ0n) is 10.6. The van der Waals surface area contributed by atoms with Crippen molar-refractivity contribution in [1.29, 1.82) is 0 Å². The van der Waals surface area contributed by atoms with Crippen LogP contribution < -0.4 is 16.4 Å². The second kappa shape index (κ2) is 6.08. The number of carbonyl (C=O) groups excluding carboxylic acids is 1. The standard InChI is InChI=1S/C12H20N4O/c1-8(2)15-11(17)6-7-14-12-10(13)5-4-9(3)16-12/h4-5,8H,6-7,13H2,1-3H3,(H,14,16)(H,15,17). The molecule has 0 aliphatic carbocycles. The Bertz CT molecular complexity index is 390. The molecule has 1 aromatic heterocycles. The van der Waals surface area contributed by atoms with Crippen LogP contribution in [0.25, 0.3) is 0 Å². The predicted octanol–water partition coefficient (Wildman–Crippen LogP) is 1.30. The minimum atomic E-state index is 0.0266. The van der Waals surface area contributed by atoms with E-state index in [2.05, 4.69) is 15.6 Å². The summed E-state index contributed by atoms with van der Waals surface area (Å²) in [6, 6.07) is 3.83. The van der Waals surface area contributed by atoms with Crippen molar-refractivity contribution < 1.29 is 4.79 Å². The molecule has 0 saturated carbocycles. The van der Waals surface area contributed by atoms with Crippen LogP contribution in [0, 0.1) is 6.92 Å². The van der Waals surface area contributed by atoms with Crippen LogP contribution in [-0.4, -0.2) is 23.5 Å². The van der Waals surface area contributed by atoms with Gasteiger partial charge < -0.3 is 16.4 Å². The van der Waals surface area contributed by atoms with Crippen LogP contribution in [-0.2, 0) is 4.79 Å². The number of nitrogens with zero attached hydrogens (tertiary/aromatic N) is 1. The average Bonchev–Trinajstić information content (AvgIpc) is 2.22. The molecule has 5 nitrogen and oxygen atoms in total. The first-order chi connectivity index (χ1) is 7.99. The third-order valence-corrected chi connectivity index (χ3v) is 2.16. The smallest absolute Gasteiger partial charge is 0.221 e. The lowest BCUT2D eigenvalue weighted by Gasteiger charge is -2.10. The number of carbonyl (C=O) groups is 1. The zero-order valence-corrected chi connectivity index (χ0v) is 10.6. The van der Waals surface area contributed by atoms with Gasteiger partial charge in [-0.2, -0.15) is 0 Å². The van der Waals surface area contributed by atoms with E-state index >= 15 is 0 Å². The fraction of sp³-hybridized carbons (Fsp3) is 0.500. The van der Waals surface area contributed by atoms with Gasteiger partial charge in [0.1, 0.15) is 5.82 Å². The maximum absolute atomic E-state index is 11.4. The van der Waals surface area contributed by atoms with Gasteiger partial charge in [-0.05, 0) is 32.9 Å². The number of anilines is 2. The van der Waals surface area contributed by atoms with Crippen LogP contribution in [0.15, 0.2) is 12.1 Å². The molecule has 94 valence electrons. The Balaban J connectivity index is 2.40. The highest BCUT2D eigenvalue weighted by Crippen LogP contribution is 2.14. The van der Waals surface area contributed by atoms with Gasteiger partial charge in [0.15, 0.2) is 0 Å². The van der Waals surface area contributed by atoms with E-state index in [0.717, 1.165) is 5.69 Å². The fourth-order valence-corrected chi connectivity index (χ4v) is 1.40. The van der Waals surface area contributed by atoms with Crippen molar-refractivity contribution in [3.05, 3.63) is 17.8 Å². The molecule has 1 heterocycles. The summed E-state index contributed by atoms with van der Waals surface area (Å²) >= 11 is 0. The van der Waals surface area contributed by atoms with Crippen LogP contribution in [0.1, 0.15) is 26.0 Å². The molecule has 0 aliphatic rings. The van der Waals surface area contributed by atoms with Crippen molar-refractivity contribution in [3.63, 3.8) is 0 Å². The number of nitrogens with two attached hydrogens (primary N) is 1. The predicted molar refractivity (Wildman–Crippen MR) is 69.8 cm³/mol. The number of nitrogens with one attached hydrogen (secondary N) is 2. The molecular weight excluding hydrogens is 216 g/mol. The van der Waals surface area contributed by atoms with Crippen molar-refractivity contribution in [2.45, 2.75) is 33.2 Å². The molecule has 1 rings (SSSR count). The van der Waals surface area contributed by atoms with Gasteiger partial charge >= 0.3 is 0 Å². The lowest BCUT2D eigenvalue weighted by Crippen LogP contribution is -2.31. The molecule has 0 saturated heterocycles. The van der Waals surface area contributed by atoms with E-state index in [1.54, 1.807) is 6.07 Å². The Hall–Kier alpha value is -1.78. The maximum Gasteiger partial charge on any atom is 0.221 e. The van der Waals surface area contributed by atoms with Crippen molar-refractivity contribution >= 4 is 17.4 Å². The van der Waals surface area contributed by atoms with Gasteiger partial charge in [0, 0.05) is 24.7 Å². The summed E-state index contributed by atoms with van der Waals surface area (Å²) in [4.78, 5) is 15.7. The van der Waals surface area contributed by atoms with Gasteiger partial charge in [0.2, 0.25) is 5.91 Å². The highest BCUT2D eigenvalue weighted by atomic mass is 16.1. The number of hydrogen-bond acceptors (Lipinski definition) is 4. The van der Waals surface area contributed by atoms with E-state index < -0.39 is 0 Å². The number of aromatic nitrogens is 1. The summed E-state index contributed by atoms with van der Waals surface area (Å²) in [6.45, 7) is 6.30. The topological polar surface area (TPSA) is 80.0 Å². The second-order valence-corrected chi connectivity index (χ2v) is 4.29. The van der Waals surface area contributed by atoms with Crippen molar-refractivity contribution in [3.8, 4) is 0 Å². The number of hydrogen-bond donors (Lipinski definition) is 3. The van der Waals surface area contributed by atoms with E-state index in [1.165, 1.54) is 0 Å². The molecule has 4 N–H and O–H groups in total. The van der Waals surface area contributed by atoms with E-state index in [0.29, 0.717) is 24.5 Å². The zero-order chi connectivity index (χ0) is 12.8. The van der Waals surface area contributed by atoms with Gasteiger partial charge in [-0.15, -0.1) is 0 Å². The molecule has 0 unspecified atom stereocenters. The summed E-state index contributed by atoms with van der Waals surface area (Å²) in [5.41, 5.74) is 7.26. The molecule has 1 aromatic rings. The Morgan fingerprint density at radius 2 is 2.18 bits per heavy atom. The molecule has 0 atom stereocenters. The maximum atomic E-state index is 11.4. The molecule has 5 heteroatoms. The van der Waals surface area contributed by atoms with Crippen molar-refractivity contribution in [2.75, 3.05) is 17.6 Å². The number of nitrogen functional groups attached to an aromatic ring is 1. The summed E-state index contributed by atoms with van der Waals surface area (Å²) in [5.74, 6) is 0.668. The Kier molecular flexibility index (Phi) is 4.75. The van der Waals surface area contributed by atoms with Gasteiger partial charge in [0.25, 0.3) is 0 Å². The first-order valence-electron chi connectivity index (χ1n) is 5.75. The van der Waals surface area contributed by atoms with Crippen molar-refractivity contribution in [1.82, 2.24) is 10.3 Å². The monoisotopic (exact) mass is 236 g/mol. The molecular formula is C12H20N4O. The lowest BCUT2D eigenvalue weighted by atomic mass is 10.3. The number of aryl methyl sites for hydroxylation is 1. The third kappa shape index (κ3) is 4.72. The minimum absolute atomic E-state index is 0.0266. The lowest BCUT2D eigenvalue weighted by molar-refractivity contribution is -0.121. The molecule has 0 bridgehead atoms. The molecule has 0 spiro atoms. The Morgan fingerprint density at radius 1 is 1.47 bits per heavy atom. The molecule has 0 fully saturated rings. The highest BCUT2D eigenvalue weighted by molar-refractivity contribution is 5.76. The molecule has 17 heavy (non-hydrogen) atoms. The SMILES string of the molecule is Cc1ccc(N)c(NCCC(=O)NC(C)C)n1. The summed E-state index contributed by atoms with van der Waals surface area (Å²) in [5, 5.41) is 5.89. The first-order valence-corrected chi connectivity index (χ1v) is 5.75. The fourth-order valence-electron chi connectivity index (χ4n) is 1.40. The highest BCUT2D eigenvalue weighted by Gasteiger charge is 2.04. The average molecular weight is 236 g/mol. The summed E-state index contributed by atoms with van der Waals surface area (Å²) in [6.07, 6.45) is 0.410.